The van der Waals surface area contributed by atoms with Gasteiger partial charge in [-0.2, -0.15) is 11.8 Å². The number of hydrogen-bond acceptors (Lipinski definition) is 3. The predicted molar refractivity (Wildman–Crippen MR) is 56.2 cm³/mol. The van der Waals surface area contributed by atoms with Crippen molar-refractivity contribution in [2.75, 3.05) is 18.1 Å². The third-order valence-corrected chi connectivity index (χ3v) is 3.31. The van der Waals surface area contributed by atoms with Gasteiger partial charge in [0, 0.05) is 18.6 Å². The maximum absolute atomic E-state index is 5.73. The van der Waals surface area contributed by atoms with Gasteiger partial charge in [0.2, 0.25) is 0 Å². The van der Waals surface area contributed by atoms with Gasteiger partial charge in [-0.05, 0) is 30.3 Å². The largest absolute Gasteiger partial charge is 0.466 e. The van der Waals surface area contributed by atoms with Crippen molar-refractivity contribution >= 4 is 11.8 Å². The topological polar surface area (TPSA) is 39.2 Å². The van der Waals surface area contributed by atoms with Gasteiger partial charge in [-0.15, -0.1) is 0 Å². The van der Waals surface area contributed by atoms with Crippen LogP contribution in [0.5, 0.6) is 0 Å². The lowest BCUT2D eigenvalue weighted by Crippen LogP contribution is -2.01. The zero-order chi connectivity index (χ0) is 9.10. The first-order valence-corrected chi connectivity index (χ1v) is 5.94. The Bertz CT molecular complexity index is 259. The van der Waals surface area contributed by atoms with Crippen molar-refractivity contribution in [1.29, 1.82) is 0 Å². The molecule has 2 rings (SSSR count). The van der Waals surface area contributed by atoms with Crippen molar-refractivity contribution in [2.45, 2.75) is 19.3 Å². The minimum Gasteiger partial charge on any atom is -0.466 e. The van der Waals surface area contributed by atoms with Crippen molar-refractivity contribution < 1.29 is 4.42 Å². The Balaban J connectivity index is 2.17. The Morgan fingerprint density at radius 2 is 2.23 bits per heavy atom. The highest BCUT2D eigenvalue weighted by Crippen LogP contribution is 2.23. The molecule has 0 bridgehead atoms. The molecule has 2 nitrogen and oxygen atoms in total. The normalized spacial score (nSPS) is 16.7. The van der Waals surface area contributed by atoms with Gasteiger partial charge >= 0.3 is 0 Å². The summed E-state index contributed by atoms with van der Waals surface area (Å²) in [6.45, 7) is 0.682. The number of aryl methyl sites for hydroxylation is 2. The van der Waals surface area contributed by atoms with E-state index in [0.717, 1.165) is 25.0 Å². The Morgan fingerprint density at radius 1 is 1.38 bits per heavy atom. The maximum Gasteiger partial charge on any atom is 0.108 e. The van der Waals surface area contributed by atoms with Crippen molar-refractivity contribution in [3.8, 4) is 0 Å². The molecule has 1 aliphatic rings. The quantitative estimate of drug-likeness (QED) is 0.783. The lowest BCUT2D eigenvalue weighted by Gasteiger charge is -1.93. The molecule has 0 atom stereocenters. The van der Waals surface area contributed by atoms with Crippen LogP contribution in [0.15, 0.2) is 10.5 Å². The van der Waals surface area contributed by atoms with Gasteiger partial charge in [-0.1, -0.05) is 0 Å². The monoisotopic (exact) mass is 197 g/mol. The summed E-state index contributed by atoms with van der Waals surface area (Å²) >= 11 is 2.01. The van der Waals surface area contributed by atoms with Gasteiger partial charge in [0.05, 0.1) is 0 Å². The van der Waals surface area contributed by atoms with Crippen molar-refractivity contribution in [3.05, 3.63) is 23.2 Å². The molecule has 3 heteroatoms. The third-order valence-electron chi connectivity index (χ3n) is 2.33. The molecule has 13 heavy (non-hydrogen) atoms. The summed E-state index contributed by atoms with van der Waals surface area (Å²) in [6, 6.07) is 2.19. The number of nitrogens with two attached hydrogens (primary N) is 1. The van der Waals surface area contributed by atoms with E-state index in [4.69, 9.17) is 10.2 Å². The first-order valence-electron chi connectivity index (χ1n) is 4.78. The van der Waals surface area contributed by atoms with Crippen LogP contribution in [0.3, 0.4) is 0 Å². The standard InChI is InChI=1S/C10H15NOS/c11-4-1-9-7-8-2-5-13-6-3-10(8)12-9/h7H,1-6,11H2. The van der Waals surface area contributed by atoms with Gasteiger partial charge in [-0.3, -0.25) is 0 Å². The van der Waals surface area contributed by atoms with Crippen LogP contribution in [0.2, 0.25) is 0 Å². The number of hydrogen-bond donors (Lipinski definition) is 1. The molecule has 1 aromatic rings. The molecule has 2 heterocycles. The van der Waals surface area contributed by atoms with Crippen LogP contribution in [-0.2, 0) is 19.3 Å². The van der Waals surface area contributed by atoms with Crippen LogP contribution < -0.4 is 5.73 Å². The second kappa shape index (κ2) is 4.20. The van der Waals surface area contributed by atoms with Gasteiger partial charge in [0.15, 0.2) is 0 Å². The molecule has 1 aromatic heterocycles. The lowest BCUT2D eigenvalue weighted by atomic mass is 10.1. The maximum atomic E-state index is 5.73. The van der Waals surface area contributed by atoms with E-state index in [1.54, 1.807) is 0 Å². The lowest BCUT2D eigenvalue weighted by molar-refractivity contribution is 0.469. The molecule has 0 radical (unpaired) electrons. The summed E-state index contributed by atoms with van der Waals surface area (Å²) in [5.41, 5.74) is 6.90. The van der Waals surface area contributed by atoms with Crippen LogP contribution in [0.1, 0.15) is 17.1 Å². The molecule has 0 spiro atoms. The highest BCUT2D eigenvalue weighted by Gasteiger charge is 2.13. The highest BCUT2D eigenvalue weighted by atomic mass is 32.2. The predicted octanol–water partition coefficient (Wildman–Crippen LogP) is 1.61. The first kappa shape index (κ1) is 9.16. The van der Waals surface area contributed by atoms with Gasteiger partial charge < -0.3 is 10.2 Å². The third kappa shape index (κ3) is 2.09. The fourth-order valence-corrected chi connectivity index (χ4v) is 2.56. The SMILES string of the molecule is NCCc1cc2c(o1)CCSCC2. The molecule has 72 valence electrons. The molecule has 0 fully saturated rings. The number of thioether (sulfide) groups is 1. The Labute approximate surface area is 82.9 Å². The van der Waals surface area contributed by atoms with Crippen LogP contribution in [-0.4, -0.2) is 18.1 Å². The number of furan rings is 1. The summed E-state index contributed by atoms with van der Waals surface area (Å²) in [5, 5.41) is 0. The Kier molecular flexibility index (Phi) is 2.96. The average Bonchev–Trinajstić information content (AvgIpc) is 2.37. The Morgan fingerprint density at radius 3 is 3.08 bits per heavy atom. The second-order valence-electron chi connectivity index (χ2n) is 3.31. The van der Waals surface area contributed by atoms with Crippen LogP contribution >= 0.6 is 11.8 Å². The number of fused-ring (bicyclic) bond motifs is 1. The molecular weight excluding hydrogens is 182 g/mol. The van der Waals surface area contributed by atoms with Gasteiger partial charge in [0.25, 0.3) is 0 Å². The zero-order valence-corrected chi connectivity index (χ0v) is 8.53. The van der Waals surface area contributed by atoms with Gasteiger partial charge in [0.1, 0.15) is 11.5 Å². The first-order chi connectivity index (χ1) is 6.40. The summed E-state index contributed by atoms with van der Waals surface area (Å²) < 4.78 is 5.73. The second-order valence-corrected chi connectivity index (χ2v) is 4.54. The molecule has 0 unspecified atom stereocenters. The van der Waals surface area contributed by atoms with E-state index in [9.17, 15) is 0 Å². The molecule has 1 aliphatic heterocycles. The van der Waals surface area contributed by atoms with Gasteiger partial charge in [-0.25, -0.2) is 0 Å². The van der Waals surface area contributed by atoms with E-state index >= 15 is 0 Å². The van der Waals surface area contributed by atoms with Crippen LogP contribution in [0, 0.1) is 0 Å². The van der Waals surface area contributed by atoms with Crippen molar-refractivity contribution in [2.24, 2.45) is 5.73 Å². The summed E-state index contributed by atoms with van der Waals surface area (Å²) in [5.74, 6) is 4.70. The fraction of sp³-hybridized carbons (Fsp3) is 0.600. The summed E-state index contributed by atoms with van der Waals surface area (Å²) in [7, 11) is 0. The van der Waals surface area contributed by atoms with E-state index in [0.29, 0.717) is 6.54 Å². The molecule has 0 aliphatic carbocycles. The summed E-state index contributed by atoms with van der Waals surface area (Å²) in [4.78, 5) is 0. The van der Waals surface area contributed by atoms with Crippen molar-refractivity contribution in [3.63, 3.8) is 0 Å². The molecule has 0 saturated carbocycles. The van der Waals surface area contributed by atoms with E-state index in [1.807, 2.05) is 11.8 Å². The van der Waals surface area contributed by atoms with Crippen molar-refractivity contribution in [1.82, 2.24) is 0 Å². The molecular formula is C10H15NOS. The smallest absolute Gasteiger partial charge is 0.108 e. The van der Waals surface area contributed by atoms with E-state index in [-0.39, 0.29) is 0 Å². The van der Waals surface area contributed by atoms with Crippen LogP contribution in [0.25, 0.3) is 0 Å². The molecule has 2 N–H and O–H groups in total. The fourth-order valence-electron chi connectivity index (χ4n) is 1.67. The molecule has 0 amide bonds. The zero-order valence-electron chi connectivity index (χ0n) is 7.71. The molecule has 0 saturated heterocycles. The highest BCUT2D eigenvalue weighted by molar-refractivity contribution is 7.99. The van der Waals surface area contributed by atoms with E-state index < -0.39 is 0 Å². The minimum atomic E-state index is 0.682. The average molecular weight is 197 g/mol. The van der Waals surface area contributed by atoms with Crippen LogP contribution in [0.4, 0.5) is 0 Å². The minimum absolute atomic E-state index is 0.682. The van der Waals surface area contributed by atoms with E-state index in [2.05, 4.69) is 6.07 Å². The summed E-state index contributed by atoms with van der Waals surface area (Å²) in [6.07, 6.45) is 3.12. The number of rotatable bonds is 2. The van der Waals surface area contributed by atoms with E-state index in [1.165, 1.54) is 22.8 Å². The molecule has 0 aromatic carbocycles. The Hall–Kier alpha value is -0.410.